The van der Waals surface area contributed by atoms with Crippen LogP contribution < -0.4 is 0 Å². The number of phosphoric ester groups is 1. The quantitative estimate of drug-likeness (QED) is 0.284. The van der Waals surface area contributed by atoms with Gasteiger partial charge in [0.2, 0.25) is 0 Å². The lowest BCUT2D eigenvalue weighted by atomic mass is 10.2. The van der Waals surface area contributed by atoms with Gasteiger partial charge in [0.05, 0.1) is 13.2 Å². The molecular formula is C4H12O10P2. The Kier molecular flexibility index (Phi) is 6.23. The molecule has 0 aliphatic rings. The maximum atomic E-state index is 10.8. The molecule has 0 fully saturated rings. The molecular weight excluding hydrogens is 270 g/mol. The highest BCUT2D eigenvalue weighted by atomic mass is 31.3. The van der Waals surface area contributed by atoms with Gasteiger partial charge in [-0.1, -0.05) is 0 Å². The Balaban J connectivity index is 4.19. The zero-order valence-corrected chi connectivity index (χ0v) is 9.57. The smallest absolute Gasteiger partial charge is 0.394 e. The molecule has 0 aromatic rings. The average molecular weight is 282 g/mol. The molecule has 0 heterocycles. The fourth-order valence-electron chi connectivity index (χ4n) is 0.561. The molecule has 0 saturated heterocycles. The van der Waals surface area contributed by atoms with Crippen LogP contribution in [-0.4, -0.2) is 55.4 Å². The van der Waals surface area contributed by atoms with E-state index in [1.165, 1.54) is 0 Å². The van der Waals surface area contributed by atoms with E-state index in [1.807, 2.05) is 0 Å². The average Bonchev–Trinajstić information content (AvgIpc) is 2.09. The van der Waals surface area contributed by atoms with Gasteiger partial charge < -0.3 is 30.0 Å². The summed E-state index contributed by atoms with van der Waals surface area (Å²) in [5, 5.41) is 26.1. The number of hydrogen-bond acceptors (Lipinski definition) is 7. The first-order valence-electron chi connectivity index (χ1n) is 3.78. The van der Waals surface area contributed by atoms with Crippen molar-refractivity contribution in [2.75, 3.05) is 13.2 Å². The highest BCUT2D eigenvalue weighted by Gasteiger charge is 2.33. The predicted octanol–water partition coefficient (Wildman–Crippen LogP) is -2.07. The van der Waals surface area contributed by atoms with Gasteiger partial charge in [-0.25, -0.2) is 9.13 Å². The normalized spacial score (nSPS) is 20.1. The number of rotatable bonds is 7. The molecule has 0 aliphatic heterocycles. The predicted molar refractivity (Wildman–Crippen MR) is 48.0 cm³/mol. The van der Waals surface area contributed by atoms with E-state index in [1.54, 1.807) is 0 Å². The van der Waals surface area contributed by atoms with Crippen LogP contribution in [-0.2, 0) is 18.0 Å². The fraction of sp³-hybridized carbons (Fsp3) is 1.00. The van der Waals surface area contributed by atoms with Gasteiger partial charge in [-0.3, -0.25) is 4.52 Å². The third-order valence-corrected chi connectivity index (χ3v) is 3.40. The van der Waals surface area contributed by atoms with E-state index in [-0.39, 0.29) is 0 Å². The van der Waals surface area contributed by atoms with Crippen LogP contribution in [0.25, 0.3) is 0 Å². The third-order valence-electron chi connectivity index (χ3n) is 1.25. The third kappa shape index (κ3) is 7.42. The molecule has 0 aromatic heterocycles. The van der Waals surface area contributed by atoms with Crippen LogP contribution >= 0.6 is 15.6 Å². The van der Waals surface area contributed by atoms with Crippen molar-refractivity contribution in [3.8, 4) is 0 Å². The summed E-state index contributed by atoms with van der Waals surface area (Å²) < 4.78 is 28.4. The second kappa shape index (κ2) is 6.18. The fourth-order valence-corrected chi connectivity index (χ4v) is 2.17. The lowest BCUT2D eigenvalue weighted by Gasteiger charge is -2.17. The van der Waals surface area contributed by atoms with Crippen LogP contribution in [0.5, 0.6) is 0 Å². The van der Waals surface area contributed by atoms with Crippen molar-refractivity contribution in [3.05, 3.63) is 0 Å². The van der Waals surface area contributed by atoms with Gasteiger partial charge in [0.15, 0.2) is 0 Å². The van der Waals surface area contributed by atoms with Crippen molar-refractivity contribution in [2.24, 2.45) is 0 Å². The monoisotopic (exact) mass is 282 g/mol. The SMILES string of the molecule is O=P(O)(O)OP(=O)(O)OC[C@@H](O)[C@H](O)CO. The molecule has 1 unspecified atom stereocenters. The first-order valence-corrected chi connectivity index (χ1v) is 6.81. The number of aliphatic hydroxyl groups excluding tert-OH is 3. The summed E-state index contributed by atoms with van der Waals surface area (Å²) in [6.07, 6.45) is -3.32. The highest BCUT2D eigenvalue weighted by Crippen LogP contribution is 2.57. The minimum Gasteiger partial charge on any atom is -0.394 e. The Morgan fingerprint density at radius 2 is 1.56 bits per heavy atom. The van der Waals surface area contributed by atoms with Crippen molar-refractivity contribution in [1.29, 1.82) is 0 Å². The molecule has 0 aliphatic carbocycles. The molecule has 6 N–H and O–H groups in total. The van der Waals surface area contributed by atoms with Gasteiger partial charge in [-0.15, -0.1) is 0 Å². The molecule has 0 radical (unpaired) electrons. The van der Waals surface area contributed by atoms with Crippen LogP contribution in [0.15, 0.2) is 0 Å². The van der Waals surface area contributed by atoms with E-state index in [0.717, 1.165) is 0 Å². The van der Waals surface area contributed by atoms with E-state index >= 15 is 0 Å². The second-order valence-electron chi connectivity index (χ2n) is 2.65. The number of phosphoric acid groups is 2. The van der Waals surface area contributed by atoms with Gasteiger partial charge in [0.1, 0.15) is 12.2 Å². The minimum atomic E-state index is -5.21. The zero-order valence-electron chi connectivity index (χ0n) is 7.78. The Hall–Kier alpha value is 0.140. The number of hydrogen-bond donors (Lipinski definition) is 6. The molecule has 0 spiro atoms. The lowest BCUT2D eigenvalue weighted by Crippen LogP contribution is -2.33. The lowest BCUT2D eigenvalue weighted by molar-refractivity contribution is -0.0380. The molecule has 0 saturated carbocycles. The summed E-state index contributed by atoms with van der Waals surface area (Å²) in [6.45, 7) is -1.77. The minimum absolute atomic E-state index is 0.820. The van der Waals surface area contributed by atoms with Crippen molar-refractivity contribution >= 4 is 15.6 Å². The molecule has 0 bridgehead atoms. The van der Waals surface area contributed by atoms with Crippen LogP contribution in [0.4, 0.5) is 0 Å². The largest absolute Gasteiger partial charge is 0.481 e. The van der Waals surface area contributed by atoms with Crippen LogP contribution in [0, 0.1) is 0 Å². The molecule has 98 valence electrons. The number of aliphatic hydroxyl groups is 3. The Labute approximate surface area is 89.9 Å². The summed E-state index contributed by atoms with van der Waals surface area (Å²) >= 11 is 0. The molecule has 12 heteroatoms. The van der Waals surface area contributed by atoms with E-state index in [9.17, 15) is 9.13 Å². The van der Waals surface area contributed by atoms with E-state index in [4.69, 9.17) is 30.0 Å². The van der Waals surface area contributed by atoms with Crippen LogP contribution in [0.2, 0.25) is 0 Å². The molecule has 3 atom stereocenters. The van der Waals surface area contributed by atoms with Gasteiger partial charge in [0.25, 0.3) is 0 Å². The van der Waals surface area contributed by atoms with Gasteiger partial charge in [-0.2, -0.15) is 4.31 Å². The Morgan fingerprint density at radius 3 is 1.94 bits per heavy atom. The van der Waals surface area contributed by atoms with Crippen molar-refractivity contribution in [2.45, 2.75) is 12.2 Å². The first-order chi connectivity index (χ1) is 7.07. The van der Waals surface area contributed by atoms with Gasteiger partial charge >= 0.3 is 15.6 Å². The van der Waals surface area contributed by atoms with Crippen molar-refractivity contribution < 1.29 is 48.0 Å². The highest BCUT2D eigenvalue weighted by molar-refractivity contribution is 7.60. The molecule has 0 rings (SSSR count). The summed E-state index contributed by atoms with van der Waals surface area (Å²) in [5.41, 5.74) is 0. The molecule has 10 nitrogen and oxygen atoms in total. The van der Waals surface area contributed by atoms with Crippen LogP contribution in [0.1, 0.15) is 0 Å². The van der Waals surface area contributed by atoms with E-state index in [0.29, 0.717) is 0 Å². The van der Waals surface area contributed by atoms with Crippen LogP contribution in [0.3, 0.4) is 0 Å². The summed E-state index contributed by atoms with van der Waals surface area (Å²) in [7, 11) is -10.2. The zero-order chi connectivity index (χ0) is 13.0. The van der Waals surface area contributed by atoms with E-state index < -0.39 is 41.1 Å². The maximum Gasteiger partial charge on any atom is 0.481 e. The van der Waals surface area contributed by atoms with E-state index in [2.05, 4.69) is 8.83 Å². The Bertz CT molecular complexity index is 297. The standard InChI is InChI=1S/C4H12O10P2/c5-1-3(6)4(7)2-13-16(11,12)14-15(8,9)10/h3-7H,1-2H2,(H,11,12)(H2,8,9,10)/t3-,4-/m1/s1. The van der Waals surface area contributed by atoms with Gasteiger partial charge in [0, 0.05) is 0 Å². The molecule has 0 aromatic carbocycles. The molecule has 16 heavy (non-hydrogen) atoms. The first kappa shape index (κ1) is 16.1. The topological polar surface area (TPSA) is 174 Å². The Morgan fingerprint density at radius 1 is 1.06 bits per heavy atom. The van der Waals surface area contributed by atoms with Gasteiger partial charge in [-0.05, 0) is 0 Å². The summed E-state index contributed by atoms with van der Waals surface area (Å²) in [5.74, 6) is 0. The van der Waals surface area contributed by atoms with Crippen molar-refractivity contribution in [3.63, 3.8) is 0 Å². The second-order valence-corrected chi connectivity index (χ2v) is 5.48. The summed E-state index contributed by atoms with van der Waals surface area (Å²) in [6, 6.07) is 0. The maximum absolute atomic E-state index is 10.8. The summed E-state index contributed by atoms with van der Waals surface area (Å²) in [4.78, 5) is 25.1. The van der Waals surface area contributed by atoms with Crippen molar-refractivity contribution in [1.82, 2.24) is 0 Å². The molecule has 0 amide bonds.